The molecule has 1 aliphatic heterocycles. The summed E-state index contributed by atoms with van der Waals surface area (Å²) in [6, 6.07) is 10.0. The van der Waals surface area contributed by atoms with Crippen LogP contribution in [0.2, 0.25) is 0 Å². The maximum Gasteiger partial charge on any atom is 0.0994 e. The van der Waals surface area contributed by atoms with Crippen LogP contribution in [0.5, 0.6) is 0 Å². The standard InChI is InChI=1S/C17H28N2O/c1-3-18-13-15-9-11-19(12-10-15)14-17(2,20)16-7-5-4-6-8-16/h4-8,15,18,20H,3,9-14H2,1-2H3. The fraction of sp³-hybridized carbons (Fsp3) is 0.647. The third-order valence-electron chi connectivity index (χ3n) is 4.32. The molecule has 0 amide bonds. The van der Waals surface area contributed by atoms with E-state index >= 15 is 0 Å². The molecule has 1 aromatic rings. The number of nitrogens with zero attached hydrogens (tertiary/aromatic N) is 1. The summed E-state index contributed by atoms with van der Waals surface area (Å²) < 4.78 is 0. The minimum absolute atomic E-state index is 0.727. The van der Waals surface area contributed by atoms with E-state index in [0.29, 0.717) is 0 Å². The molecule has 1 saturated heterocycles. The molecule has 1 unspecified atom stereocenters. The molecule has 1 heterocycles. The van der Waals surface area contributed by atoms with Crippen LogP contribution in [0.3, 0.4) is 0 Å². The van der Waals surface area contributed by atoms with Gasteiger partial charge in [-0.15, -0.1) is 0 Å². The van der Waals surface area contributed by atoms with Crippen molar-refractivity contribution in [1.82, 2.24) is 10.2 Å². The van der Waals surface area contributed by atoms with E-state index < -0.39 is 5.60 Å². The van der Waals surface area contributed by atoms with E-state index in [1.165, 1.54) is 12.8 Å². The van der Waals surface area contributed by atoms with Crippen LogP contribution in [0.25, 0.3) is 0 Å². The molecule has 2 rings (SSSR count). The van der Waals surface area contributed by atoms with Gasteiger partial charge >= 0.3 is 0 Å². The molecule has 3 heteroatoms. The normalized spacial score (nSPS) is 20.8. The van der Waals surface area contributed by atoms with Gasteiger partial charge in [-0.1, -0.05) is 37.3 Å². The van der Waals surface area contributed by atoms with Gasteiger partial charge in [-0.2, -0.15) is 0 Å². The zero-order valence-electron chi connectivity index (χ0n) is 12.8. The third kappa shape index (κ3) is 4.30. The van der Waals surface area contributed by atoms with Gasteiger partial charge in [0.1, 0.15) is 0 Å². The summed E-state index contributed by atoms with van der Waals surface area (Å²) in [5.41, 5.74) is 0.255. The second-order valence-corrected chi connectivity index (χ2v) is 6.17. The van der Waals surface area contributed by atoms with Crippen LogP contribution in [0.15, 0.2) is 30.3 Å². The predicted octanol–water partition coefficient (Wildman–Crippen LogP) is 2.22. The highest BCUT2D eigenvalue weighted by molar-refractivity contribution is 5.21. The summed E-state index contributed by atoms with van der Waals surface area (Å²) in [5, 5.41) is 14.1. The molecule has 0 aliphatic carbocycles. The first-order valence-electron chi connectivity index (χ1n) is 7.83. The lowest BCUT2D eigenvalue weighted by Gasteiger charge is -2.37. The summed E-state index contributed by atoms with van der Waals surface area (Å²) in [6.07, 6.45) is 2.47. The molecule has 0 aromatic heterocycles. The first-order chi connectivity index (χ1) is 9.62. The van der Waals surface area contributed by atoms with Crippen molar-refractivity contribution in [1.29, 1.82) is 0 Å². The van der Waals surface area contributed by atoms with Gasteiger partial charge < -0.3 is 15.3 Å². The molecule has 0 spiro atoms. The second kappa shape index (κ2) is 7.21. The van der Waals surface area contributed by atoms with Gasteiger partial charge in [0, 0.05) is 6.54 Å². The minimum atomic E-state index is -0.754. The molecule has 1 aliphatic rings. The lowest BCUT2D eigenvalue weighted by atomic mass is 9.92. The molecule has 1 atom stereocenters. The highest BCUT2D eigenvalue weighted by Crippen LogP contribution is 2.24. The van der Waals surface area contributed by atoms with Gasteiger partial charge in [-0.05, 0) is 57.4 Å². The molecule has 20 heavy (non-hydrogen) atoms. The number of piperidine rings is 1. The van der Waals surface area contributed by atoms with Crippen LogP contribution in [-0.4, -0.2) is 42.7 Å². The van der Waals surface area contributed by atoms with Gasteiger partial charge in [-0.3, -0.25) is 0 Å². The number of β-amino-alcohol motifs (C(OH)–C–C–N with tert-alkyl or cyclic N) is 1. The van der Waals surface area contributed by atoms with Gasteiger partial charge in [0.2, 0.25) is 0 Å². The molecule has 0 bridgehead atoms. The van der Waals surface area contributed by atoms with Crippen molar-refractivity contribution in [3.05, 3.63) is 35.9 Å². The van der Waals surface area contributed by atoms with E-state index in [9.17, 15) is 5.11 Å². The minimum Gasteiger partial charge on any atom is -0.384 e. The van der Waals surface area contributed by atoms with Crippen molar-refractivity contribution >= 4 is 0 Å². The zero-order chi connectivity index (χ0) is 14.4. The fourth-order valence-corrected chi connectivity index (χ4v) is 3.02. The van der Waals surface area contributed by atoms with Crippen LogP contribution in [0, 0.1) is 5.92 Å². The molecule has 1 aromatic carbocycles. The van der Waals surface area contributed by atoms with Crippen LogP contribution in [0.4, 0.5) is 0 Å². The Kier molecular flexibility index (Phi) is 5.58. The molecule has 112 valence electrons. The average molecular weight is 276 g/mol. The molecular weight excluding hydrogens is 248 g/mol. The Morgan fingerprint density at radius 2 is 1.90 bits per heavy atom. The van der Waals surface area contributed by atoms with Crippen molar-refractivity contribution in [2.24, 2.45) is 5.92 Å². The average Bonchev–Trinajstić information content (AvgIpc) is 2.47. The topological polar surface area (TPSA) is 35.5 Å². The Hall–Kier alpha value is -0.900. The fourth-order valence-electron chi connectivity index (χ4n) is 3.02. The smallest absolute Gasteiger partial charge is 0.0994 e. The third-order valence-corrected chi connectivity index (χ3v) is 4.32. The van der Waals surface area contributed by atoms with Crippen molar-refractivity contribution in [3.8, 4) is 0 Å². The number of likely N-dealkylation sites (tertiary alicyclic amines) is 1. The Bertz CT molecular complexity index is 383. The first kappa shape index (κ1) is 15.5. The van der Waals surface area contributed by atoms with Gasteiger partial charge in [-0.25, -0.2) is 0 Å². The maximum absolute atomic E-state index is 10.7. The largest absolute Gasteiger partial charge is 0.384 e. The number of hydrogen-bond acceptors (Lipinski definition) is 3. The highest BCUT2D eigenvalue weighted by Gasteiger charge is 2.28. The Balaban J connectivity index is 1.83. The highest BCUT2D eigenvalue weighted by atomic mass is 16.3. The van der Waals surface area contributed by atoms with E-state index in [1.54, 1.807) is 0 Å². The summed E-state index contributed by atoms with van der Waals surface area (Å²) in [4.78, 5) is 2.40. The van der Waals surface area contributed by atoms with Crippen LogP contribution < -0.4 is 5.32 Å². The van der Waals surface area contributed by atoms with Crippen LogP contribution in [0.1, 0.15) is 32.3 Å². The summed E-state index contributed by atoms with van der Waals surface area (Å²) in [7, 11) is 0. The summed E-state index contributed by atoms with van der Waals surface area (Å²) in [6.45, 7) is 9.20. The van der Waals surface area contributed by atoms with E-state index in [0.717, 1.165) is 44.2 Å². The molecular formula is C17H28N2O. The van der Waals surface area contributed by atoms with Crippen molar-refractivity contribution in [3.63, 3.8) is 0 Å². The Morgan fingerprint density at radius 3 is 2.50 bits per heavy atom. The van der Waals surface area contributed by atoms with Gasteiger partial charge in [0.05, 0.1) is 5.60 Å². The molecule has 0 saturated carbocycles. The van der Waals surface area contributed by atoms with Crippen LogP contribution in [-0.2, 0) is 5.60 Å². The maximum atomic E-state index is 10.7. The predicted molar refractivity (Wildman–Crippen MR) is 83.7 cm³/mol. The Labute approximate surface area is 123 Å². The number of rotatable bonds is 6. The van der Waals surface area contributed by atoms with Crippen molar-refractivity contribution in [2.75, 3.05) is 32.7 Å². The zero-order valence-corrected chi connectivity index (χ0v) is 12.8. The Morgan fingerprint density at radius 1 is 1.25 bits per heavy atom. The lowest BCUT2D eigenvalue weighted by molar-refractivity contribution is 0.00581. The van der Waals surface area contributed by atoms with E-state index in [4.69, 9.17) is 0 Å². The van der Waals surface area contributed by atoms with Crippen molar-refractivity contribution in [2.45, 2.75) is 32.3 Å². The molecule has 2 N–H and O–H groups in total. The molecule has 0 radical (unpaired) electrons. The monoisotopic (exact) mass is 276 g/mol. The molecule has 3 nitrogen and oxygen atoms in total. The summed E-state index contributed by atoms with van der Waals surface area (Å²) >= 11 is 0. The quantitative estimate of drug-likeness (QED) is 0.836. The SMILES string of the molecule is CCNCC1CCN(CC(C)(O)c2ccccc2)CC1. The first-order valence-corrected chi connectivity index (χ1v) is 7.83. The lowest BCUT2D eigenvalue weighted by Crippen LogP contribution is -2.44. The van der Waals surface area contributed by atoms with Crippen LogP contribution >= 0.6 is 0 Å². The number of benzene rings is 1. The molecule has 1 fully saturated rings. The number of hydrogen-bond donors (Lipinski definition) is 2. The second-order valence-electron chi connectivity index (χ2n) is 6.17. The van der Waals surface area contributed by atoms with E-state index in [2.05, 4.69) is 17.1 Å². The number of aliphatic hydroxyl groups is 1. The van der Waals surface area contributed by atoms with Gasteiger partial charge in [0.15, 0.2) is 0 Å². The van der Waals surface area contributed by atoms with E-state index in [1.807, 2.05) is 37.3 Å². The number of nitrogens with one attached hydrogen (secondary N) is 1. The van der Waals surface area contributed by atoms with Crippen molar-refractivity contribution < 1.29 is 5.11 Å². The van der Waals surface area contributed by atoms with E-state index in [-0.39, 0.29) is 0 Å². The van der Waals surface area contributed by atoms with Gasteiger partial charge in [0.25, 0.3) is 0 Å². The summed E-state index contributed by atoms with van der Waals surface area (Å²) in [5.74, 6) is 0.799.